The molecule has 1 saturated heterocycles. The average molecular weight is 257 g/mol. The Hall–Kier alpha value is -0.160. The molecule has 0 radical (unpaired) electrons. The maximum Gasteiger partial charge on any atom is 0.0518 e. The highest BCUT2D eigenvalue weighted by Crippen LogP contribution is 1.99. The molecule has 1 heterocycles. The van der Waals surface area contributed by atoms with Gasteiger partial charge in [-0.1, -0.05) is 0 Å². The molecule has 0 aromatic rings. The van der Waals surface area contributed by atoms with Crippen molar-refractivity contribution in [2.75, 3.05) is 66.5 Å². The second-order valence-electron chi connectivity index (χ2n) is 5.72. The van der Waals surface area contributed by atoms with Gasteiger partial charge in [-0.05, 0) is 34.4 Å². The third kappa shape index (κ3) is 7.31. The van der Waals surface area contributed by atoms with Gasteiger partial charge in [-0.25, -0.2) is 0 Å². The van der Waals surface area contributed by atoms with Crippen LogP contribution in [0, 0.1) is 0 Å². The third-order valence-electron chi connectivity index (χ3n) is 3.53. The first kappa shape index (κ1) is 15.9. The van der Waals surface area contributed by atoms with Crippen LogP contribution < -0.4 is 0 Å². The number of likely N-dealkylation sites (N-methyl/N-ethyl adjacent to an activating group) is 2. The molecule has 4 heteroatoms. The molecule has 0 spiro atoms. The summed E-state index contributed by atoms with van der Waals surface area (Å²) in [5.74, 6) is 0. The van der Waals surface area contributed by atoms with Crippen molar-refractivity contribution in [2.45, 2.75) is 26.4 Å². The van der Waals surface area contributed by atoms with Crippen LogP contribution in [0.15, 0.2) is 0 Å². The smallest absolute Gasteiger partial charge is 0.0518 e. The number of ether oxygens (including phenoxy) is 1. The summed E-state index contributed by atoms with van der Waals surface area (Å²) in [7, 11) is 4.42. The molecule has 1 aliphatic rings. The van der Waals surface area contributed by atoms with Crippen LogP contribution in [0.2, 0.25) is 0 Å². The molecule has 0 N–H and O–H groups in total. The number of hydrogen-bond acceptors (Lipinski definition) is 4. The Balaban J connectivity index is 1.97. The van der Waals surface area contributed by atoms with E-state index < -0.39 is 0 Å². The molecule has 0 bridgehead atoms. The molecule has 0 amide bonds. The van der Waals surface area contributed by atoms with E-state index in [1.54, 1.807) is 0 Å². The molecule has 0 atom stereocenters. The highest BCUT2D eigenvalue weighted by molar-refractivity contribution is 4.70. The molecular formula is C14H31N3O. The van der Waals surface area contributed by atoms with Crippen molar-refractivity contribution in [3.63, 3.8) is 0 Å². The van der Waals surface area contributed by atoms with E-state index in [-0.39, 0.29) is 0 Å². The average Bonchev–Trinajstić information content (AvgIpc) is 2.34. The van der Waals surface area contributed by atoms with Crippen LogP contribution in [0.1, 0.15) is 20.3 Å². The van der Waals surface area contributed by atoms with Gasteiger partial charge in [0.2, 0.25) is 0 Å². The summed E-state index contributed by atoms with van der Waals surface area (Å²) < 4.78 is 5.56. The summed E-state index contributed by atoms with van der Waals surface area (Å²) in [6.07, 6.45) is 1.50. The van der Waals surface area contributed by atoms with E-state index in [1.165, 1.54) is 39.3 Å². The van der Waals surface area contributed by atoms with Crippen molar-refractivity contribution >= 4 is 0 Å². The standard InChI is InChI=1S/C14H31N3O/c1-14(2)18-13-5-6-15(3)7-10-17-11-8-16(4)9-12-17/h14H,5-13H2,1-4H3. The Morgan fingerprint density at radius 1 is 1.11 bits per heavy atom. The lowest BCUT2D eigenvalue weighted by Gasteiger charge is -2.33. The number of rotatable bonds is 8. The van der Waals surface area contributed by atoms with Crippen molar-refractivity contribution in [3.05, 3.63) is 0 Å². The topological polar surface area (TPSA) is 19.0 Å². The zero-order chi connectivity index (χ0) is 13.4. The molecular weight excluding hydrogens is 226 g/mol. The summed E-state index contributed by atoms with van der Waals surface area (Å²) in [5, 5.41) is 0. The zero-order valence-electron chi connectivity index (χ0n) is 12.7. The number of piperazine rings is 1. The van der Waals surface area contributed by atoms with E-state index in [0.29, 0.717) is 6.10 Å². The molecule has 0 aromatic carbocycles. The first-order chi connectivity index (χ1) is 8.58. The van der Waals surface area contributed by atoms with Gasteiger partial charge in [0.25, 0.3) is 0 Å². The molecule has 1 fully saturated rings. The predicted octanol–water partition coefficient (Wildman–Crippen LogP) is 0.981. The van der Waals surface area contributed by atoms with E-state index >= 15 is 0 Å². The number of nitrogens with zero attached hydrogens (tertiary/aromatic N) is 3. The van der Waals surface area contributed by atoms with E-state index in [1.807, 2.05) is 0 Å². The van der Waals surface area contributed by atoms with E-state index in [4.69, 9.17) is 4.74 Å². The molecule has 0 aliphatic carbocycles. The minimum atomic E-state index is 0.362. The first-order valence-corrected chi connectivity index (χ1v) is 7.29. The molecule has 0 unspecified atom stereocenters. The van der Waals surface area contributed by atoms with Gasteiger partial charge in [0.1, 0.15) is 0 Å². The maximum atomic E-state index is 5.56. The second-order valence-corrected chi connectivity index (χ2v) is 5.72. The van der Waals surface area contributed by atoms with Crippen LogP contribution in [-0.2, 0) is 4.74 Å². The van der Waals surface area contributed by atoms with Crippen LogP contribution in [0.5, 0.6) is 0 Å². The fourth-order valence-electron chi connectivity index (χ4n) is 2.15. The van der Waals surface area contributed by atoms with Crippen LogP contribution in [-0.4, -0.2) is 87.3 Å². The first-order valence-electron chi connectivity index (χ1n) is 7.29. The van der Waals surface area contributed by atoms with Gasteiger partial charge in [0.05, 0.1) is 6.10 Å². The Bertz CT molecular complexity index is 203. The van der Waals surface area contributed by atoms with Gasteiger partial charge < -0.3 is 14.5 Å². The molecule has 18 heavy (non-hydrogen) atoms. The lowest BCUT2D eigenvalue weighted by molar-refractivity contribution is 0.0708. The highest BCUT2D eigenvalue weighted by Gasteiger charge is 2.13. The fraction of sp³-hybridized carbons (Fsp3) is 1.00. The highest BCUT2D eigenvalue weighted by atomic mass is 16.5. The SMILES string of the molecule is CC(C)OCCCN(C)CCN1CCN(C)CC1. The molecule has 108 valence electrons. The maximum absolute atomic E-state index is 5.56. The van der Waals surface area contributed by atoms with Gasteiger partial charge in [-0.15, -0.1) is 0 Å². The molecule has 1 aliphatic heterocycles. The van der Waals surface area contributed by atoms with E-state index in [9.17, 15) is 0 Å². The minimum Gasteiger partial charge on any atom is -0.379 e. The van der Waals surface area contributed by atoms with E-state index in [0.717, 1.165) is 19.6 Å². The molecule has 1 rings (SSSR count). The monoisotopic (exact) mass is 257 g/mol. The van der Waals surface area contributed by atoms with Crippen molar-refractivity contribution in [3.8, 4) is 0 Å². The Kier molecular flexibility index (Phi) is 7.82. The van der Waals surface area contributed by atoms with Crippen LogP contribution in [0.3, 0.4) is 0 Å². The zero-order valence-corrected chi connectivity index (χ0v) is 12.7. The van der Waals surface area contributed by atoms with Gasteiger partial charge in [-0.3, -0.25) is 4.90 Å². The largest absolute Gasteiger partial charge is 0.379 e. The number of hydrogen-bond donors (Lipinski definition) is 0. The summed E-state index contributed by atoms with van der Waals surface area (Å²) in [5.41, 5.74) is 0. The Labute approximate surface area is 113 Å². The Morgan fingerprint density at radius 3 is 2.39 bits per heavy atom. The van der Waals surface area contributed by atoms with Crippen molar-refractivity contribution in [2.24, 2.45) is 0 Å². The Morgan fingerprint density at radius 2 is 1.78 bits per heavy atom. The molecule has 0 saturated carbocycles. The summed E-state index contributed by atoms with van der Waals surface area (Å²) in [6.45, 7) is 13.5. The quantitative estimate of drug-likeness (QED) is 0.603. The third-order valence-corrected chi connectivity index (χ3v) is 3.53. The summed E-state index contributed by atoms with van der Waals surface area (Å²) in [6, 6.07) is 0. The summed E-state index contributed by atoms with van der Waals surface area (Å²) >= 11 is 0. The lowest BCUT2D eigenvalue weighted by Crippen LogP contribution is -2.46. The molecule has 4 nitrogen and oxygen atoms in total. The van der Waals surface area contributed by atoms with Crippen LogP contribution in [0.25, 0.3) is 0 Å². The van der Waals surface area contributed by atoms with E-state index in [2.05, 4.69) is 42.6 Å². The molecule has 0 aromatic heterocycles. The van der Waals surface area contributed by atoms with Crippen molar-refractivity contribution in [1.82, 2.24) is 14.7 Å². The van der Waals surface area contributed by atoms with Crippen LogP contribution in [0.4, 0.5) is 0 Å². The van der Waals surface area contributed by atoms with Gasteiger partial charge in [-0.2, -0.15) is 0 Å². The van der Waals surface area contributed by atoms with Gasteiger partial charge >= 0.3 is 0 Å². The van der Waals surface area contributed by atoms with Crippen molar-refractivity contribution in [1.29, 1.82) is 0 Å². The lowest BCUT2D eigenvalue weighted by atomic mass is 10.3. The second kappa shape index (κ2) is 8.86. The predicted molar refractivity (Wildman–Crippen MR) is 77.1 cm³/mol. The fourth-order valence-corrected chi connectivity index (χ4v) is 2.15. The van der Waals surface area contributed by atoms with Crippen molar-refractivity contribution < 1.29 is 4.74 Å². The van der Waals surface area contributed by atoms with Gasteiger partial charge in [0.15, 0.2) is 0 Å². The summed E-state index contributed by atoms with van der Waals surface area (Å²) in [4.78, 5) is 7.40. The van der Waals surface area contributed by atoms with Gasteiger partial charge in [0, 0.05) is 52.4 Å². The van der Waals surface area contributed by atoms with Crippen LogP contribution >= 0.6 is 0 Å². The normalized spacial score (nSPS) is 19.0. The minimum absolute atomic E-state index is 0.362.